The molecule has 2 unspecified atom stereocenters. The maximum absolute atomic E-state index is 12.5. The van der Waals surface area contributed by atoms with Gasteiger partial charge in [-0.25, -0.2) is 4.79 Å². The van der Waals surface area contributed by atoms with Crippen molar-refractivity contribution in [1.29, 1.82) is 0 Å². The lowest BCUT2D eigenvalue weighted by Gasteiger charge is -2.31. The Morgan fingerprint density at radius 2 is 1.96 bits per heavy atom. The van der Waals surface area contributed by atoms with Crippen molar-refractivity contribution >= 4 is 30.3 Å². The Balaban J connectivity index is 0.00000208. The quantitative estimate of drug-likeness (QED) is 0.682. The van der Waals surface area contributed by atoms with Crippen LogP contribution in [-0.2, 0) is 10.3 Å². The van der Waals surface area contributed by atoms with E-state index in [1.165, 1.54) is 0 Å². The zero-order valence-electron chi connectivity index (χ0n) is 13.4. The number of nitrogens with two attached hydrogens (primary N) is 1. The van der Waals surface area contributed by atoms with Gasteiger partial charge in [-0.2, -0.15) is 0 Å². The lowest BCUT2D eigenvalue weighted by Crippen LogP contribution is -2.45. The molecule has 2 heterocycles. The molecule has 8 heteroatoms. The Bertz CT molecular complexity index is 664. The van der Waals surface area contributed by atoms with Gasteiger partial charge in [-0.1, -0.05) is 12.1 Å². The monoisotopic (exact) mass is 352 g/mol. The summed E-state index contributed by atoms with van der Waals surface area (Å²) in [6.07, 6.45) is 1.85. The average molecular weight is 353 g/mol. The SMILES string of the molecule is CC1(c2ccc(C(=O)N3CCCC(N)C3)cc2)NC(=O)NC1=O.Cl. The molecule has 2 aliphatic rings. The zero-order valence-corrected chi connectivity index (χ0v) is 14.2. The van der Waals surface area contributed by atoms with Gasteiger partial charge in [-0.15, -0.1) is 12.4 Å². The van der Waals surface area contributed by atoms with Crippen LogP contribution in [0.25, 0.3) is 0 Å². The molecule has 3 rings (SSSR count). The number of amides is 4. The number of urea groups is 1. The van der Waals surface area contributed by atoms with E-state index in [2.05, 4.69) is 10.6 Å². The smallest absolute Gasteiger partial charge is 0.322 e. The molecule has 2 saturated heterocycles. The first-order chi connectivity index (χ1) is 10.9. The lowest BCUT2D eigenvalue weighted by atomic mass is 9.91. The van der Waals surface area contributed by atoms with Gasteiger partial charge >= 0.3 is 6.03 Å². The van der Waals surface area contributed by atoms with E-state index in [0.29, 0.717) is 24.2 Å². The molecule has 7 nitrogen and oxygen atoms in total. The van der Waals surface area contributed by atoms with Crippen LogP contribution in [-0.4, -0.2) is 41.9 Å². The van der Waals surface area contributed by atoms with E-state index in [4.69, 9.17) is 5.73 Å². The predicted molar refractivity (Wildman–Crippen MR) is 90.8 cm³/mol. The standard InChI is InChI=1S/C16H20N4O3.ClH/c1-16(14(22)18-15(23)19-16)11-6-4-10(5-7-11)13(21)20-8-2-3-12(17)9-20;/h4-7,12H,2-3,8-9,17H2,1H3,(H2,18,19,22,23);1H. The molecule has 4 amide bonds. The third-order valence-electron chi connectivity index (χ3n) is 4.50. The topological polar surface area (TPSA) is 105 Å². The largest absolute Gasteiger partial charge is 0.337 e. The van der Waals surface area contributed by atoms with E-state index in [-0.39, 0.29) is 24.4 Å². The van der Waals surface area contributed by atoms with Crippen molar-refractivity contribution in [3.8, 4) is 0 Å². The van der Waals surface area contributed by atoms with Gasteiger partial charge in [0.2, 0.25) is 0 Å². The molecular weight excluding hydrogens is 332 g/mol. The van der Waals surface area contributed by atoms with Crippen LogP contribution in [0, 0.1) is 0 Å². The Morgan fingerprint density at radius 1 is 1.29 bits per heavy atom. The molecule has 24 heavy (non-hydrogen) atoms. The highest BCUT2D eigenvalue weighted by molar-refractivity contribution is 6.07. The predicted octanol–water partition coefficient (Wildman–Crippen LogP) is 0.726. The van der Waals surface area contributed by atoms with Crippen molar-refractivity contribution in [1.82, 2.24) is 15.5 Å². The van der Waals surface area contributed by atoms with Crippen LogP contribution < -0.4 is 16.4 Å². The maximum Gasteiger partial charge on any atom is 0.322 e. The summed E-state index contributed by atoms with van der Waals surface area (Å²) in [6.45, 7) is 2.91. The Labute approximate surface area is 146 Å². The fraction of sp³-hybridized carbons (Fsp3) is 0.438. The first-order valence-corrected chi connectivity index (χ1v) is 7.69. The number of halogens is 1. The van der Waals surface area contributed by atoms with Crippen molar-refractivity contribution in [3.05, 3.63) is 35.4 Å². The van der Waals surface area contributed by atoms with Gasteiger partial charge in [-0.3, -0.25) is 14.9 Å². The normalized spacial score (nSPS) is 26.4. The fourth-order valence-electron chi connectivity index (χ4n) is 3.07. The van der Waals surface area contributed by atoms with Crippen LogP contribution >= 0.6 is 12.4 Å². The number of hydrogen-bond acceptors (Lipinski definition) is 4. The minimum Gasteiger partial charge on any atom is -0.337 e. The van der Waals surface area contributed by atoms with E-state index in [0.717, 1.165) is 12.8 Å². The number of rotatable bonds is 2. The molecule has 4 N–H and O–H groups in total. The number of hydrogen-bond donors (Lipinski definition) is 3. The van der Waals surface area contributed by atoms with Crippen LogP contribution in [0.1, 0.15) is 35.7 Å². The van der Waals surface area contributed by atoms with Crippen LogP contribution in [0.3, 0.4) is 0 Å². The molecular formula is C16H21ClN4O3. The summed E-state index contributed by atoms with van der Waals surface area (Å²) in [5.41, 5.74) is 5.99. The van der Waals surface area contributed by atoms with Crippen molar-refractivity contribution in [3.63, 3.8) is 0 Å². The molecule has 0 aromatic heterocycles. The molecule has 2 aliphatic heterocycles. The summed E-state index contributed by atoms with van der Waals surface area (Å²) in [4.78, 5) is 37.5. The average Bonchev–Trinajstić information content (AvgIpc) is 2.80. The summed E-state index contributed by atoms with van der Waals surface area (Å²) in [6, 6.07) is 6.27. The van der Waals surface area contributed by atoms with Gasteiger partial charge in [0.1, 0.15) is 5.54 Å². The number of carbonyl (C=O) groups is 3. The molecule has 0 saturated carbocycles. The first kappa shape index (κ1) is 18.2. The maximum atomic E-state index is 12.5. The van der Waals surface area contributed by atoms with Crippen molar-refractivity contribution in [2.75, 3.05) is 13.1 Å². The molecule has 0 bridgehead atoms. The van der Waals surface area contributed by atoms with E-state index in [1.807, 2.05) is 0 Å². The highest BCUT2D eigenvalue weighted by atomic mass is 35.5. The molecule has 0 radical (unpaired) electrons. The fourth-order valence-corrected chi connectivity index (χ4v) is 3.07. The Hall–Kier alpha value is -2.12. The second-order valence-corrected chi connectivity index (χ2v) is 6.26. The third-order valence-corrected chi connectivity index (χ3v) is 4.50. The van der Waals surface area contributed by atoms with Crippen LogP contribution in [0.15, 0.2) is 24.3 Å². The zero-order chi connectivity index (χ0) is 16.6. The number of nitrogens with one attached hydrogen (secondary N) is 2. The highest BCUT2D eigenvalue weighted by Crippen LogP contribution is 2.25. The first-order valence-electron chi connectivity index (χ1n) is 7.69. The molecule has 1 aromatic rings. The number of piperidine rings is 1. The molecule has 2 atom stereocenters. The second kappa shape index (κ2) is 6.78. The summed E-state index contributed by atoms with van der Waals surface area (Å²) in [5, 5.41) is 4.82. The van der Waals surface area contributed by atoms with Gasteiger partial charge < -0.3 is 16.0 Å². The molecule has 0 aliphatic carbocycles. The van der Waals surface area contributed by atoms with E-state index in [1.54, 1.807) is 36.1 Å². The lowest BCUT2D eigenvalue weighted by molar-refractivity contribution is -0.123. The number of nitrogens with zero attached hydrogens (tertiary/aromatic N) is 1. The number of imide groups is 1. The summed E-state index contributed by atoms with van der Waals surface area (Å²) < 4.78 is 0. The Kier molecular flexibility index (Phi) is 5.15. The number of likely N-dealkylation sites (tertiary alicyclic amines) is 1. The summed E-state index contributed by atoms with van der Waals surface area (Å²) in [5.74, 6) is -0.458. The van der Waals surface area contributed by atoms with Crippen LogP contribution in [0.5, 0.6) is 0 Å². The molecule has 1 aromatic carbocycles. The van der Waals surface area contributed by atoms with Gasteiger partial charge in [0, 0.05) is 24.7 Å². The van der Waals surface area contributed by atoms with Crippen molar-refractivity contribution in [2.45, 2.75) is 31.3 Å². The van der Waals surface area contributed by atoms with E-state index >= 15 is 0 Å². The van der Waals surface area contributed by atoms with Gasteiger partial charge in [0.05, 0.1) is 0 Å². The summed E-state index contributed by atoms with van der Waals surface area (Å²) >= 11 is 0. The second-order valence-electron chi connectivity index (χ2n) is 6.26. The van der Waals surface area contributed by atoms with E-state index in [9.17, 15) is 14.4 Å². The van der Waals surface area contributed by atoms with Gasteiger partial charge in [0.15, 0.2) is 0 Å². The van der Waals surface area contributed by atoms with Crippen molar-refractivity contribution in [2.24, 2.45) is 5.73 Å². The summed E-state index contributed by atoms with van der Waals surface area (Å²) in [7, 11) is 0. The molecule has 0 spiro atoms. The van der Waals surface area contributed by atoms with E-state index < -0.39 is 17.5 Å². The van der Waals surface area contributed by atoms with Gasteiger partial charge in [0.25, 0.3) is 11.8 Å². The minimum absolute atomic E-state index is 0. The minimum atomic E-state index is -1.11. The number of benzene rings is 1. The molecule has 130 valence electrons. The third kappa shape index (κ3) is 3.22. The van der Waals surface area contributed by atoms with Crippen molar-refractivity contribution < 1.29 is 14.4 Å². The van der Waals surface area contributed by atoms with Gasteiger partial charge in [-0.05, 0) is 37.5 Å². The molecule has 2 fully saturated rings. The number of carbonyl (C=O) groups excluding carboxylic acids is 3. The van der Waals surface area contributed by atoms with Crippen LogP contribution in [0.4, 0.5) is 4.79 Å². The Morgan fingerprint density at radius 3 is 2.50 bits per heavy atom. The van der Waals surface area contributed by atoms with Crippen LogP contribution in [0.2, 0.25) is 0 Å². The highest BCUT2D eigenvalue weighted by Gasteiger charge is 2.43.